The number of hydrogen-bond donors (Lipinski definition) is 1. The smallest absolute Gasteiger partial charge is 0.259 e. The van der Waals surface area contributed by atoms with Crippen LogP contribution in [0.1, 0.15) is 47.4 Å². The molecule has 1 N–H and O–H groups in total. The second-order valence-electron chi connectivity index (χ2n) is 10.4. The van der Waals surface area contributed by atoms with Gasteiger partial charge in [-0.15, -0.1) is 0 Å². The molecule has 0 spiro atoms. The minimum absolute atomic E-state index is 0.0971. The van der Waals surface area contributed by atoms with Gasteiger partial charge >= 0.3 is 0 Å². The van der Waals surface area contributed by atoms with Crippen LogP contribution in [0.15, 0.2) is 42.5 Å². The first-order valence-corrected chi connectivity index (χ1v) is 13.0. The number of methoxy groups -OCH3 is 2. The zero-order chi connectivity index (χ0) is 26.5. The van der Waals surface area contributed by atoms with E-state index in [9.17, 15) is 9.59 Å². The summed E-state index contributed by atoms with van der Waals surface area (Å²) >= 11 is 0. The second kappa shape index (κ2) is 12.0. The van der Waals surface area contributed by atoms with Gasteiger partial charge in [0.05, 0.1) is 24.3 Å². The lowest BCUT2D eigenvalue weighted by atomic mass is 10.0. The molecule has 37 heavy (non-hydrogen) atoms. The molecule has 1 aliphatic heterocycles. The number of carbonyl (C=O) groups excluding carboxylic acids is 2. The van der Waals surface area contributed by atoms with Gasteiger partial charge in [0.1, 0.15) is 18.1 Å². The summed E-state index contributed by atoms with van der Waals surface area (Å²) < 4.78 is 17.4. The molecule has 4 rings (SSSR count). The quantitative estimate of drug-likeness (QED) is 0.630. The lowest BCUT2D eigenvalue weighted by Crippen LogP contribution is -2.47. The summed E-state index contributed by atoms with van der Waals surface area (Å²) in [5.41, 5.74) is 1.33. The number of amides is 2. The van der Waals surface area contributed by atoms with Gasteiger partial charge in [-0.05, 0) is 61.9 Å². The average molecular weight is 510 g/mol. The first kappa shape index (κ1) is 26.9. The van der Waals surface area contributed by atoms with E-state index < -0.39 is 0 Å². The van der Waals surface area contributed by atoms with Crippen LogP contribution < -0.4 is 14.8 Å². The molecule has 1 aliphatic carbocycles. The molecule has 3 atom stereocenters. The van der Waals surface area contributed by atoms with Crippen molar-refractivity contribution in [3.8, 4) is 11.5 Å². The van der Waals surface area contributed by atoms with Crippen LogP contribution in [0, 0.1) is 11.8 Å². The molecule has 1 saturated carbocycles. The first-order valence-electron chi connectivity index (χ1n) is 13.0. The number of para-hydroxylation sites is 1. The van der Waals surface area contributed by atoms with Crippen LogP contribution >= 0.6 is 0 Å². The maximum absolute atomic E-state index is 13.6. The maximum Gasteiger partial charge on any atom is 0.259 e. The van der Waals surface area contributed by atoms with Crippen LogP contribution in [0.2, 0.25) is 0 Å². The number of ether oxygens (including phenoxy) is 3. The molecule has 0 unspecified atom stereocenters. The van der Waals surface area contributed by atoms with Crippen molar-refractivity contribution in [1.29, 1.82) is 0 Å². The molecule has 0 radical (unpaired) electrons. The topological polar surface area (TPSA) is 80.3 Å². The number of carbonyl (C=O) groups is 2. The fourth-order valence-corrected chi connectivity index (χ4v) is 4.85. The number of benzene rings is 2. The minimum atomic E-state index is -0.315. The van der Waals surface area contributed by atoms with E-state index in [0.29, 0.717) is 41.5 Å². The van der Waals surface area contributed by atoms with E-state index in [0.717, 1.165) is 19.0 Å². The molecule has 0 bridgehead atoms. The molecule has 200 valence electrons. The number of rotatable bonds is 6. The largest absolute Gasteiger partial charge is 0.496 e. The Balaban J connectivity index is 1.61. The molecular formula is C29H39N3O5. The Kier molecular flexibility index (Phi) is 8.71. The summed E-state index contributed by atoms with van der Waals surface area (Å²) in [6.45, 7) is 7.24. The maximum atomic E-state index is 13.6. The van der Waals surface area contributed by atoms with Crippen molar-refractivity contribution < 1.29 is 23.8 Å². The number of fused-ring (bicyclic) bond motifs is 1. The van der Waals surface area contributed by atoms with Crippen molar-refractivity contribution in [2.75, 3.05) is 52.8 Å². The van der Waals surface area contributed by atoms with Crippen molar-refractivity contribution in [2.45, 2.75) is 38.8 Å². The highest BCUT2D eigenvalue weighted by Crippen LogP contribution is 2.32. The standard InChI is InChI=1S/C29H39N3O5/c1-19-15-32(16-21-10-11-21)20(2)18-37-26-13-12-22(14-24(26)29(34)31(3)17-27(19)36-5)30-28(33)23-8-6-7-9-25(23)35-4/h6-9,12-14,19-21,27H,10-11,15-18H2,1-5H3,(H,30,33)/t19-,20+,27+/m1/s1. The minimum Gasteiger partial charge on any atom is -0.496 e. The van der Waals surface area contributed by atoms with Gasteiger partial charge < -0.3 is 24.4 Å². The molecular weight excluding hydrogens is 470 g/mol. The Bertz CT molecular complexity index is 1100. The summed E-state index contributed by atoms with van der Waals surface area (Å²) in [5, 5.41) is 2.90. The molecule has 1 heterocycles. The summed E-state index contributed by atoms with van der Waals surface area (Å²) in [4.78, 5) is 30.7. The monoisotopic (exact) mass is 509 g/mol. The molecule has 2 amide bonds. The van der Waals surface area contributed by atoms with Gasteiger partial charge in [0.25, 0.3) is 11.8 Å². The number of hydrogen-bond acceptors (Lipinski definition) is 6. The predicted octanol–water partition coefficient (Wildman–Crippen LogP) is 4.16. The Hall–Kier alpha value is -3.10. The SMILES string of the molecule is COc1ccccc1C(=O)Nc1ccc2c(c1)C(=O)N(C)C[C@H](OC)[C@H](C)CN(CC1CC1)[C@@H](C)CO2. The summed E-state index contributed by atoms with van der Waals surface area (Å²) in [5.74, 6) is 1.50. The highest BCUT2D eigenvalue weighted by molar-refractivity contribution is 6.07. The van der Waals surface area contributed by atoms with Crippen LogP contribution in [0.5, 0.6) is 11.5 Å². The van der Waals surface area contributed by atoms with Crippen molar-refractivity contribution in [3.63, 3.8) is 0 Å². The number of likely N-dealkylation sites (N-methyl/N-ethyl adjacent to an activating group) is 1. The first-order chi connectivity index (χ1) is 17.8. The molecule has 8 heteroatoms. The zero-order valence-corrected chi connectivity index (χ0v) is 22.5. The van der Waals surface area contributed by atoms with Crippen LogP contribution in [0.4, 0.5) is 5.69 Å². The third-order valence-corrected chi connectivity index (χ3v) is 7.37. The van der Waals surface area contributed by atoms with Gasteiger partial charge in [-0.25, -0.2) is 0 Å². The lowest BCUT2D eigenvalue weighted by Gasteiger charge is -2.36. The van der Waals surface area contributed by atoms with Crippen LogP contribution in [0.25, 0.3) is 0 Å². The Labute approximate surface area is 219 Å². The third-order valence-electron chi connectivity index (χ3n) is 7.37. The fraction of sp³-hybridized carbons (Fsp3) is 0.517. The normalized spacial score (nSPS) is 23.3. The highest BCUT2D eigenvalue weighted by Gasteiger charge is 2.31. The van der Waals surface area contributed by atoms with Gasteiger partial charge in [0.2, 0.25) is 0 Å². The predicted molar refractivity (Wildman–Crippen MR) is 144 cm³/mol. The number of nitrogens with zero attached hydrogens (tertiary/aromatic N) is 2. The van der Waals surface area contributed by atoms with Crippen LogP contribution in [-0.2, 0) is 4.74 Å². The molecule has 2 aliphatic rings. The average Bonchev–Trinajstić information content (AvgIpc) is 3.73. The Morgan fingerprint density at radius 1 is 1.11 bits per heavy atom. The van der Waals surface area contributed by atoms with Gasteiger partial charge in [0.15, 0.2) is 0 Å². The molecule has 1 fully saturated rings. The third kappa shape index (κ3) is 6.62. The van der Waals surface area contributed by atoms with Gasteiger partial charge in [-0.1, -0.05) is 19.1 Å². The summed E-state index contributed by atoms with van der Waals surface area (Å²) in [7, 11) is 5.02. The van der Waals surface area contributed by atoms with E-state index >= 15 is 0 Å². The number of nitrogens with one attached hydrogen (secondary N) is 1. The van der Waals surface area contributed by atoms with Crippen LogP contribution in [-0.4, -0.2) is 81.3 Å². The fourth-order valence-electron chi connectivity index (χ4n) is 4.85. The summed E-state index contributed by atoms with van der Waals surface area (Å²) in [6, 6.07) is 12.4. The highest BCUT2D eigenvalue weighted by atomic mass is 16.5. The Morgan fingerprint density at radius 2 is 1.86 bits per heavy atom. The molecule has 8 nitrogen and oxygen atoms in total. The van der Waals surface area contributed by atoms with Crippen molar-refractivity contribution >= 4 is 17.5 Å². The Morgan fingerprint density at radius 3 is 2.57 bits per heavy atom. The second-order valence-corrected chi connectivity index (χ2v) is 10.4. The molecule has 0 saturated heterocycles. The van der Waals surface area contributed by atoms with Gasteiger partial charge in [-0.2, -0.15) is 0 Å². The van der Waals surface area contributed by atoms with Crippen molar-refractivity contribution in [3.05, 3.63) is 53.6 Å². The molecule has 0 aromatic heterocycles. The van der Waals surface area contributed by atoms with Gasteiger partial charge in [0, 0.05) is 45.5 Å². The van der Waals surface area contributed by atoms with Crippen molar-refractivity contribution in [2.24, 2.45) is 11.8 Å². The van der Waals surface area contributed by atoms with E-state index in [1.165, 1.54) is 20.0 Å². The van der Waals surface area contributed by atoms with Crippen molar-refractivity contribution in [1.82, 2.24) is 9.80 Å². The van der Waals surface area contributed by atoms with Crippen LogP contribution in [0.3, 0.4) is 0 Å². The summed E-state index contributed by atoms with van der Waals surface area (Å²) in [6.07, 6.45) is 2.48. The molecule has 2 aromatic carbocycles. The lowest BCUT2D eigenvalue weighted by molar-refractivity contribution is 0.00994. The van der Waals surface area contributed by atoms with E-state index in [1.54, 1.807) is 55.5 Å². The van der Waals surface area contributed by atoms with E-state index in [4.69, 9.17) is 14.2 Å². The zero-order valence-electron chi connectivity index (χ0n) is 22.5. The van der Waals surface area contributed by atoms with E-state index in [1.807, 2.05) is 6.07 Å². The molecule has 2 aromatic rings. The van der Waals surface area contributed by atoms with E-state index in [2.05, 4.69) is 24.1 Å². The van der Waals surface area contributed by atoms with Gasteiger partial charge in [-0.3, -0.25) is 14.5 Å². The number of anilines is 1. The van der Waals surface area contributed by atoms with E-state index in [-0.39, 0.29) is 29.9 Å².